The smallest absolute Gasteiger partial charge is 0.292 e. The van der Waals surface area contributed by atoms with Crippen molar-refractivity contribution in [2.75, 3.05) is 5.32 Å². The molecule has 0 aliphatic heterocycles. The fraction of sp³-hybridized carbons (Fsp3) is 0.357. The minimum absolute atomic E-state index is 0.00820. The molecule has 2 aromatic rings. The SMILES string of the molecule is O=[N+]([O-])c1ccc(Cl)cc1Nc1cnn(CC2CCC2)c1. The van der Waals surface area contributed by atoms with Crippen LogP contribution in [0.4, 0.5) is 17.1 Å². The van der Waals surface area contributed by atoms with Crippen molar-refractivity contribution in [1.29, 1.82) is 0 Å². The third-order valence-corrected chi connectivity index (χ3v) is 3.97. The molecule has 0 amide bonds. The summed E-state index contributed by atoms with van der Waals surface area (Å²) in [5.74, 6) is 0.707. The Morgan fingerprint density at radius 1 is 1.48 bits per heavy atom. The maximum Gasteiger partial charge on any atom is 0.292 e. The minimum atomic E-state index is -0.433. The first-order valence-corrected chi connectivity index (χ1v) is 7.23. The Hall–Kier alpha value is -2.08. The van der Waals surface area contributed by atoms with Crippen molar-refractivity contribution in [2.24, 2.45) is 5.92 Å². The third-order valence-electron chi connectivity index (χ3n) is 3.74. The largest absolute Gasteiger partial charge is 0.347 e. The quantitative estimate of drug-likeness (QED) is 0.669. The van der Waals surface area contributed by atoms with E-state index in [4.69, 9.17) is 11.6 Å². The van der Waals surface area contributed by atoms with E-state index >= 15 is 0 Å². The van der Waals surface area contributed by atoms with E-state index in [1.54, 1.807) is 12.3 Å². The van der Waals surface area contributed by atoms with Gasteiger partial charge in [0.2, 0.25) is 0 Å². The molecule has 1 saturated carbocycles. The zero-order chi connectivity index (χ0) is 14.8. The van der Waals surface area contributed by atoms with Crippen LogP contribution in [0.1, 0.15) is 19.3 Å². The summed E-state index contributed by atoms with van der Waals surface area (Å²) in [6.07, 6.45) is 7.34. The molecule has 0 saturated heterocycles. The highest BCUT2D eigenvalue weighted by Gasteiger charge is 2.19. The number of benzene rings is 1. The molecule has 1 N–H and O–H groups in total. The number of nitrogens with one attached hydrogen (secondary N) is 1. The van der Waals surface area contributed by atoms with Gasteiger partial charge in [-0.15, -0.1) is 0 Å². The summed E-state index contributed by atoms with van der Waals surface area (Å²) >= 11 is 5.90. The summed E-state index contributed by atoms with van der Waals surface area (Å²) in [6, 6.07) is 4.44. The molecule has 1 aromatic heterocycles. The zero-order valence-corrected chi connectivity index (χ0v) is 12.1. The number of aromatic nitrogens is 2. The monoisotopic (exact) mass is 306 g/mol. The van der Waals surface area contributed by atoms with Gasteiger partial charge in [-0.1, -0.05) is 18.0 Å². The van der Waals surface area contributed by atoms with Crippen LogP contribution in [0.5, 0.6) is 0 Å². The molecule has 7 heteroatoms. The summed E-state index contributed by atoms with van der Waals surface area (Å²) in [5.41, 5.74) is 1.08. The van der Waals surface area contributed by atoms with Crippen LogP contribution < -0.4 is 5.32 Å². The maximum atomic E-state index is 11.0. The molecule has 6 nitrogen and oxygen atoms in total. The Morgan fingerprint density at radius 3 is 2.95 bits per heavy atom. The molecular formula is C14H15ClN4O2. The Labute approximate surface area is 126 Å². The normalized spacial score (nSPS) is 14.7. The third kappa shape index (κ3) is 3.16. The summed E-state index contributed by atoms with van der Waals surface area (Å²) < 4.78 is 1.88. The number of nitro groups is 1. The standard InChI is InChI=1S/C14H15ClN4O2/c15-11-4-5-14(19(20)21)13(6-11)17-12-7-16-18(9-12)8-10-2-1-3-10/h4-7,9-10,17H,1-3,8H2. The van der Waals surface area contributed by atoms with Crippen LogP contribution >= 0.6 is 11.6 Å². The topological polar surface area (TPSA) is 73.0 Å². The average Bonchev–Trinajstić information content (AvgIpc) is 2.81. The van der Waals surface area contributed by atoms with E-state index in [9.17, 15) is 10.1 Å². The number of anilines is 2. The average molecular weight is 307 g/mol. The van der Waals surface area contributed by atoms with Gasteiger partial charge in [0.25, 0.3) is 5.69 Å². The van der Waals surface area contributed by atoms with Crippen molar-refractivity contribution in [3.63, 3.8) is 0 Å². The highest BCUT2D eigenvalue weighted by molar-refractivity contribution is 6.31. The number of nitro benzene ring substituents is 1. The molecule has 0 spiro atoms. The van der Waals surface area contributed by atoms with Crippen molar-refractivity contribution in [2.45, 2.75) is 25.8 Å². The molecule has 1 aromatic carbocycles. The number of rotatable bonds is 5. The van der Waals surface area contributed by atoms with Crippen LogP contribution in [-0.4, -0.2) is 14.7 Å². The lowest BCUT2D eigenvalue weighted by Crippen LogP contribution is -2.18. The van der Waals surface area contributed by atoms with Gasteiger partial charge in [-0.3, -0.25) is 14.8 Å². The van der Waals surface area contributed by atoms with E-state index in [1.807, 2.05) is 10.9 Å². The molecule has 0 radical (unpaired) electrons. The molecule has 3 rings (SSSR count). The molecule has 1 fully saturated rings. The lowest BCUT2D eigenvalue weighted by molar-refractivity contribution is -0.383. The van der Waals surface area contributed by atoms with Crippen molar-refractivity contribution in [1.82, 2.24) is 9.78 Å². The Morgan fingerprint density at radius 2 is 2.29 bits per heavy atom. The van der Waals surface area contributed by atoms with E-state index in [1.165, 1.54) is 31.4 Å². The minimum Gasteiger partial charge on any atom is -0.347 e. The summed E-state index contributed by atoms with van der Waals surface area (Å²) in [4.78, 5) is 10.6. The molecule has 1 aliphatic carbocycles. The fourth-order valence-electron chi connectivity index (χ4n) is 2.39. The van der Waals surface area contributed by atoms with Crippen LogP contribution in [0, 0.1) is 16.0 Å². The zero-order valence-electron chi connectivity index (χ0n) is 11.3. The molecule has 0 bridgehead atoms. The first-order chi connectivity index (χ1) is 10.1. The molecule has 110 valence electrons. The highest BCUT2D eigenvalue weighted by atomic mass is 35.5. The van der Waals surface area contributed by atoms with Gasteiger partial charge in [0.15, 0.2) is 0 Å². The lowest BCUT2D eigenvalue weighted by atomic mass is 9.85. The summed E-state index contributed by atoms with van der Waals surface area (Å²) in [6.45, 7) is 0.902. The van der Waals surface area contributed by atoms with Gasteiger partial charge >= 0.3 is 0 Å². The first-order valence-electron chi connectivity index (χ1n) is 6.85. The molecule has 1 aliphatic rings. The maximum absolute atomic E-state index is 11.0. The van der Waals surface area contributed by atoms with E-state index in [2.05, 4.69) is 10.4 Å². The molecule has 1 heterocycles. The first kappa shape index (κ1) is 13.9. The van der Waals surface area contributed by atoms with Crippen molar-refractivity contribution in [3.8, 4) is 0 Å². The van der Waals surface area contributed by atoms with Crippen molar-refractivity contribution in [3.05, 3.63) is 45.7 Å². The number of halogens is 1. The number of hydrogen-bond donors (Lipinski definition) is 1. The highest BCUT2D eigenvalue weighted by Crippen LogP contribution is 2.31. The van der Waals surface area contributed by atoms with Crippen molar-refractivity contribution < 1.29 is 4.92 Å². The second kappa shape index (κ2) is 5.73. The van der Waals surface area contributed by atoms with E-state index in [-0.39, 0.29) is 5.69 Å². The van der Waals surface area contributed by atoms with E-state index in [0.29, 0.717) is 16.6 Å². The van der Waals surface area contributed by atoms with Crippen LogP contribution in [-0.2, 0) is 6.54 Å². The second-order valence-electron chi connectivity index (χ2n) is 5.29. The van der Waals surface area contributed by atoms with E-state index < -0.39 is 4.92 Å². The van der Waals surface area contributed by atoms with Gasteiger partial charge < -0.3 is 5.32 Å². The van der Waals surface area contributed by atoms with E-state index in [0.717, 1.165) is 12.2 Å². The lowest BCUT2D eigenvalue weighted by Gasteiger charge is -2.24. The van der Waals surface area contributed by atoms with Crippen LogP contribution in [0.15, 0.2) is 30.6 Å². The summed E-state index contributed by atoms with van der Waals surface area (Å²) in [5, 5.41) is 18.8. The van der Waals surface area contributed by atoms with Gasteiger partial charge in [0.05, 0.1) is 16.8 Å². The molecule has 0 unspecified atom stereocenters. The van der Waals surface area contributed by atoms with Gasteiger partial charge in [0, 0.05) is 23.8 Å². The molecule has 21 heavy (non-hydrogen) atoms. The van der Waals surface area contributed by atoms with Gasteiger partial charge in [-0.05, 0) is 30.9 Å². The number of hydrogen-bond acceptors (Lipinski definition) is 4. The van der Waals surface area contributed by atoms with Crippen molar-refractivity contribution >= 4 is 28.7 Å². The predicted octanol–water partition coefficient (Wildman–Crippen LogP) is 3.99. The Kier molecular flexibility index (Phi) is 3.79. The van der Waals surface area contributed by atoms with Gasteiger partial charge in [-0.2, -0.15) is 5.10 Å². The van der Waals surface area contributed by atoms with Crippen LogP contribution in [0.25, 0.3) is 0 Å². The Balaban J connectivity index is 1.76. The summed E-state index contributed by atoms with van der Waals surface area (Å²) in [7, 11) is 0. The molecule has 0 atom stereocenters. The van der Waals surface area contributed by atoms with Crippen LogP contribution in [0.3, 0.4) is 0 Å². The fourth-order valence-corrected chi connectivity index (χ4v) is 2.56. The number of nitrogens with zero attached hydrogens (tertiary/aromatic N) is 3. The second-order valence-corrected chi connectivity index (χ2v) is 5.73. The molecular weight excluding hydrogens is 292 g/mol. The van der Waals surface area contributed by atoms with Gasteiger partial charge in [0.1, 0.15) is 5.69 Å². The van der Waals surface area contributed by atoms with Crippen LogP contribution in [0.2, 0.25) is 5.02 Å². The predicted molar refractivity (Wildman–Crippen MR) is 81.0 cm³/mol. The van der Waals surface area contributed by atoms with Gasteiger partial charge in [-0.25, -0.2) is 0 Å². The Bertz CT molecular complexity index is 667.